The van der Waals surface area contributed by atoms with Crippen LogP contribution in [-0.2, 0) is 16.6 Å². The molecule has 0 aliphatic rings. The molecule has 0 spiro atoms. The van der Waals surface area contributed by atoms with E-state index in [1.807, 2.05) is 31.2 Å². The van der Waals surface area contributed by atoms with Crippen LogP contribution in [0.2, 0.25) is 0 Å². The molecule has 0 amide bonds. The zero-order valence-corrected chi connectivity index (χ0v) is 14.7. The lowest BCUT2D eigenvalue weighted by Gasteiger charge is -2.04. The standard InChI is InChI=1S/C18H18FN3O2S/c1-3-22-13(2)17(16-6-4-5-7-18(16)22)12-20-21-25(23,24)15-10-8-14(19)9-11-15/h4-12,21H,3H2,1-2H3/b20-12+. The summed E-state index contributed by atoms with van der Waals surface area (Å²) in [6.45, 7) is 4.83. The number of hydrazone groups is 1. The molecule has 2 aromatic carbocycles. The molecule has 0 radical (unpaired) electrons. The molecule has 1 heterocycles. The number of para-hydroxylation sites is 1. The second-order valence-corrected chi connectivity index (χ2v) is 7.23. The van der Waals surface area contributed by atoms with Crippen LogP contribution in [0.3, 0.4) is 0 Å². The highest BCUT2D eigenvalue weighted by molar-refractivity contribution is 7.89. The smallest absolute Gasteiger partial charge is 0.276 e. The molecule has 7 heteroatoms. The second-order valence-electron chi connectivity index (χ2n) is 5.57. The number of sulfonamides is 1. The zero-order chi connectivity index (χ0) is 18.0. The summed E-state index contributed by atoms with van der Waals surface area (Å²) in [5, 5.41) is 4.91. The van der Waals surface area contributed by atoms with Crippen molar-refractivity contribution >= 4 is 27.1 Å². The van der Waals surface area contributed by atoms with Crippen LogP contribution in [0.4, 0.5) is 4.39 Å². The van der Waals surface area contributed by atoms with Gasteiger partial charge in [0.1, 0.15) is 5.82 Å². The third kappa shape index (κ3) is 3.28. The summed E-state index contributed by atoms with van der Waals surface area (Å²) in [6.07, 6.45) is 1.50. The van der Waals surface area contributed by atoms with Crippen LogP contribution in [0.25, 0.3) is 10.9 Å². The minimum absolute atomic E-state index is 0.0428. The van der Waals surface area contributed by atoms with Gasteiger partial charge in [0.25, 0.3) is 10.0 Å². The fourth-order valence-electron chi connectivity index (χ4n) is 2.85. The Bertz CT molecular complexity index is 1040. The first-order chi connectivity index (χ1) is 11.9. The second kappa shape index (κ2) is 6.68. The monoisotopic (exact) mass is 359 g/mol. The van der Waals surface area contributed by atoms with Crippen LogP contribution in [0.1, 0.15) is 18.2 Å². The molecule has 5 nitrogen and oxygen atoms in total. The molecule has 3 aromatic rings. The van der Waals surface area contributed by atoms with E-state index in [-0.39, 0.29) is 4.90 Å². The molecule has 0 saturated carbocycles. The number of benzene rings is 2. The maximum absolute atomic E-state index is 12.9. The number of hydrogen-bond donors (Lipinski definition) is 1. The average molecular weight is 359 g/mol. The van der Waals surface area contributed by atoms with Crippen molar-refractivity contribution in [3.8, 4) is 0 Å². The highest BCUT2D eigenvalue weighted by atomic mass is 32.2. The molecule has 0 bridgehead atoms. The Hall–Kier alpha value is -2.67. The van der Waals surface area contributed by atoms with E-state index in [1.54, 1.807) is 0 Å². The molecule has 25 heavy (non-hydrogen) atoms. The van der Waals surface area contributed by atoms with Crippen molar-refractivity contribution in [2.24, 2.45) is 5.10 Å². The van der Waals surface area contributed by atoms with Gasteiger partial charge in [0.15, 0.2) is 0 Å². The molecule has 130 valence electrons. The summed E-state index contributed by atoms with van der Waals surface area (Å²) in [5.41, 5.74) is 2.94. The van der Waals surface area contributed by atoms with Gasteiger partial charge in [-0.15, -0.1) is 0 Å². The highest BCUT2D eigenvalue weighted by Gasteiger charge is 2.14. The number of nitrogens with one attached hydrogen (secondary N) is 1. The van der Waals surface area contributed by atoms with E-state index < -0.39 is 15.8 Å². The van der Waals surface area contributed by atoms with Crippen LogP contribution in [0.5, 0.6) is 0 Å². The number of aryl methyl sites for hydroxylation is 1. The van der Waals surface area contributed by atoms with Crippen molar-refractivity contribution < 1.29 is 12.8 Å². The summed E-state index contributed by atoms with van der Waals surface area (Å²) in [7, 11) is -3.83. The number of halogens is 1. The minimum atomic E-state index is -3.83. The van der Waals surface area contributed by atoms with Crippen LogP contribution >= 0.6 is 0 Å². The van der Waals surface area contributed by atoms with Crippen molar-refractivity contribution in [3.63, 3.8) is 0 Å². The van der Waals surface area contributed by atoms with Gasteiger partial charge >= 0.3 is 0 Å². The van der Waals surface area contributed by atoms with Crippen molar-refractivity contribution in [1.82, 2.24) is 9.40 Å². The summed E-state index contributed by atoms with van der Waals surface area (Å²) in [5.74, 6) is -0.495. The Balaban J connectivity index is 1.91. The Morgan fingerprint density at radius 1 is 1.16 bits per heavy atom. The van der Waals surface area contributed by atoms with E-state index in [1.165, 1.54) is 18.3 Å². The summed E-state index contributed by atoms with van der Waals surface area (Å²) in [6, 6.07) is 12.5. The summed E-state index contributed by atoms with van der Waals surface area (Å²) in [4.78, 5) is 2.13. The van der Waals surface area contributed by atoms with E-state index in [0.717, 1.165) is 40.8 Å². The van der Waals surface area contributed by atoms with Gasteiger partial charge in [0, 0.05) is 28.7 Å². The number of hydrogen-bond acceptors (Lipinski definition) is 3. The molecule has 0 fully saturated rings. The molecule has 1 N–H and O–H groups in total. The number of nitrogens with zero attached hydrogens (tertiary/aromatic N) is 2. The van der Waals surface area contributed by atoms with Crippen LogP contribution in [0, 0.1) is 12.7 Å². The molecule has 0 atom stereocenters. The quantitative estimate of drug-likeness (QED) is 0.560. The molecule has 1 aromatic heterocycles. The van der Waals surface area contributed by atoms with Gasteiger partial charge in [-0.1, -0.05) is 18.2 Å². The molecule has 0 saturated heterocycles. The Morgan fingerprint density at radius 3 is 2.52 bits per heavy atom. The first-order valence-corrected chi connectivity index (χ1v) is 9.30. The predicted molar refractivity (Wildman–Crippen MR) is 96.7 cm³/mol. The van der Waals surface area contributed by atoms with Gasteiger partial charge in [-0.2, -0.15) is 13.5 Å². The number of fused-ring (bicyclic) bond motifs is 1. The summed E-state index contributed by atoms with van der Waals surface area (Å²) >= 11 is 0. The first-order valence-electron chi connectivity index (χ1n) is 7.82. The van der Waals surface area contributed by atoms with E-state index in [4.69, 9.17) is 0 Å². The van der Waals surface area contributed by atoms with Crippen molar-refractivity contribution in [3.05, 3.63) is 65.6 Å². The molecule has 3 rings (SSSR count). The largest absolute Gasteiger partial charge is 0.344 e. The van der Waals surface area contributed by atoms with Crippen molar-refractivity contribution in [2.45, 2.75) is 25.3 Å². The topological polar surface area (TPSA) is 63.5 Å². The number of rotatable bonds is 5. The van der Waals surface area contributed by atoms with Crippen molar-refractivity contribution in [1.29, 1.82) is 0 Å². The predicted octanol–water partition coefficient (Wildman–Crippen LogP) is 3.42. The van der Waals surface area contributed by atoms with Crippen LogP contribution in [0.15, 0.2) is 58.5 Å². The van der Waals surface area contributed by atoms with E-state index in [2.05, 4.69) is 21.4 Å². The normalized spacial score (nSPS) is 12.1. The third-order valence-corrected chi connectivity index (χ3v) is 5.32. The van der Waals surface area contributed by atoms with E-state index in [0.29, 0.717) is 0 Å². The van der Waals surface area contributed by atoms with Gasteiger partial charge in [0.2, 0.25) is 0 Å². The van der Waals surface area contributed by atoms with Crippen LogP contribution in [-0.4, -0.2) is 19.2 Å². The fourth-order valence-corrected chi connectivity index (χ4v) is 3.65. The molecule has 0 aliphatic carbocycles. The lowest BCUT2D eigenvalue weighted by atomic mass is 10.1. The SMILES string of the molecule is CCn1c(C)c(/C=N/NS(=O)(=O)c2ccc(F)cc2)c2ccccc21. The van der Waals surface area contributed by atoms with E-state index >= 15 is 0 Å². The van der Waals surface area contributed by atoms with Gasteiger partial charge in [-0.3, -0.25) is 0 Å². The Kier molecular flexibility index (Phi) is 4.59. The van der Waals surface area contributed by atoms with Crippen LogP contribution < -0.4 is 4.83 Å². The minimum Gasteiger partial charge on any atom is -0.344 e. The maximum Gasteiger partial charge on any atom is 0.276 e. The Labute approximate surface area is 145 Å². The number of aromatic nitrogens is 1. The van der Waals surface area contributed by atoms with Gasteiger partial charge < -0.3 is 4.57 Å². The third-order valence-electron chi connectivity index (χ3n) is 4.09. The van der Waals surface area contributed by atoms with Gasteiger partial charge in [0.05, 0.1) is 11.1 Å². The molecular formula is C18H18FN3O2S. The average Bonchev–Trinajstić information content (AvgIpc) is 2.87. The molecule has 0 aliphatic heterocycles. The highest BCUT2D eigenvalue weighted by Crippen LogP contribution is 2.24. The van der Waals surface area contributed by atoms with E-state index in [9.17, 15) is 12.8 Å². The molecular weight excluding hydrogens is 341 g/mol. The summed E-state index contributed by atoms with van der Waals surface area (Å²) < 4.78 is 39.5. The first kappa shape index (κ1) is 17.2. The maximum atomic E-state index is 12.9. The lowest BCUT2D eigenvalue weighted by Crippen LogP contribution is -2.18. The fraction of sp³-hybridized carbons (Fsp3) is 0.167. The lowest BCUT2D eigenvalue weighted by molar-refractivity contribution is 0.583. The zero-order valence-electron chi connectivity index (χ0n) is 13.9. The van der Waals surface area contributed by atoms with Gasteiger partial charge in [-0.05, 0) is 44.2 Å². The van der Waals surface area contributed by atoms with Gasteiger partial charge in [-0.25, -0.2) is 9.22 Å². The van der Waals surface area contributed by atoms with Crippen molar-refractivity contribution in [2.75, 3.05) is 0 Å². The Morgan fingerprint density at radius 2 is 1.84 bits per heavy atom. The molecule has 0 unspecified atom stereocenters.